The molecule has 0 aliphatic heterocycles. The topological polar surface area (TPSA) is 111 Å². The minimum atomic E-state index is -3.45. The zero-order valence-electron chi connectivity index (χ0n) is 14.1. The molecule has 2 heterocycles. The molecular formula is C17H20N4O3S. The van der Waals surface area contributed by atoms with Gasteiger partial charge in [-0.25, -0.2) is 8.42 Å². The summed E-state index contributed by atoms with van der Waals surface area (Å²) in [5.41, 5.74) is 7.33. The van der Waals surface area contributed by atoms with Gasteiger partial charge in [-0.05, 0) is 32.0 Å². The van der Waals surface area contributed by atoms with Crippen LogP contribution in [-0.2, 0) is 16.3 Å². The molecule has 7 nitrogen and oxygen atoms in total. The highest BCUT2D eigenvalue weighted by Crippen LogP contribution is 2.32. The van der Waals surface area contributed by atoms with E-state index < -0.39 is 15.1 Å². The smallest absolute Gasteiger partial charge is 0.180 e. The molecule has 3 N–H and O–H groups in total. The number of aromatic amines is 1. The predicted molar refractivity (Wildman–Crippen MR) is 96.3 cm³/mol. The van der Waals surface area contributed by atoms with E-state index in [4.69, 9.17) is 10.5 Å². The number of fused-ring (bicyclic) bond motifs is 1. The van der Waals surface area contributed by atoms with Crippen molar-refractivity contribution in [2.24, 2.45) is 0 Å². The van der Waals surface area contributed by atoms with E-state index in [0.717, 1.165) is 5.69 Å². The first-order valence-corrected chi connectivity index (χ1v) is 9.48. The quantitative estimate of drug-likeness (QED) is 0.698. The monoisotopic (exact) mass is 360 g/mol. The molecule has 0 fully saturated rings. The Morgan fingerprint density at radius 1 is 1.28 bits per heavy atom. The van der Waals surface area contributed by atoms with Crippen LogP contribution in [0.1, 0.15) is 19.5 Å². The Morgan fingerprint density at radius 2 is 2.08 bits per heavy atom. The summed E-state index contributed by atoms with van der Waals surface area (Å²) >= 11 is 0. The van der Waals surface area contributed by atoms with Gasteiger partial charge in [0.25, 0.3) is 0 Å². The van der Waals surface area contributed by atoms with Gasteiger partial charge >= 0.3 is 0 Å². The average molecular weight is 360 g/mol. The summed E-state index contributed by atoms with van der Waals surface area (Å²) in [5.74, 6) is 0.655. The first-order valence-electron chi connectivity index (χ1n) is 7.94. The van der Waals surface area contributed by atoms with Gasteiger partial charge < -0.3 is 10.5 Å². The maximum atomic E-state index is 12.5. The van der Waals surface area contributed by atoms with E-state index >= 15 is 0 Å². The minimum Gasteiger partial charge on any atom is -0.491 e. The fourth-order valence-corrected chi connectivity index (χ4v) is 3.54. The molecule has 0 aliphatic carbocycles. The van der Waals surface area contributed by atoms with Crippen molar-refractivity contribution in [1.29, 1.82) is 0 Å². The maximum absolute atomic E-state index is 12.5. The standard InChI is InChI=1S/C17H20N4O3S/c1-11(2)25(22,23)13-9-14-16(20-21-17(14)18)15(10-13)24-8-6-12-5-3-4-7-19-12/h3-5,7,9-11H,6,8H2,1-2H3,(H3,18,20,21). The van der Waals surface area contributed by atoms with Crippen LogP contribution in [0.4, 0.5) is 5.82 Å². The predicted octanol–water partition coefficient (Wildman–Crippen LogP) is 2.34. The summed E-state index contributed by atoms with van der Waals surface area (Å²) in [6, 6.07) is 8.73. The van der Waals surface area contributed by atoms with Crippen LogP contribution < -0.4 is 10.5 Å². The number of nitrogens with zero attached hydrogens (tertiary/aromatic N) is 2. The second-order valence-electron chi connectivity index (χ2n) is 5.97. The molecule has 3 rings (SSSR count). The zero-order valence-corrected chi connectivity index (χ0v) is 14.9. The van der Waals surface area contributed by atoms with Crippen LogP contribution in [0, 0.1) is 0 Å². The van der Waals surface area contributed by atoms with Crippen molar-refractivity contribution in [3.8, 4) is 5.75 Å². The molecule has 1 aromatic carbocycles. The molecular weight excluding hydrogens is 340 g/mol. The number of aromatic nitrogens is 3. The Labute approximate surface area is 146 Å². The lowest BCUT2D eigenvalue weighted by atomic mass is 10.2. The molecule has 132 valence electrons. The number of nitrogen functional groups attached to an aromatic ring is 1. The maximum Gasteiger partial charge on any atom is 0.180 e. The van der Waals surface area contributed by atoms with E-state index in [1.54, 1.807) is 20.0 Å². The number of H-pyrrole nitrogens is 1. The van der Waals surface area contributed by atoms with Crippen molar-refractivity contribution in [2.75, 3.05) is 12.3 Å². The number of benzene rings is 1. The zero-order chi connectivity index (χ0) is 18.0. The fraction of sp³-hybridized carbons (Fsp3) is 0.294. The lowest BCUT2D eigenvalue weighted by Crippen LogP contribution is -2.14. The summed E-state index contributed by atoms with van der Waals surface area (Å²) in [5, 5.41) is 6.75. The third kappa shape index (κ3) is 3.43. The van der Waals surface area contributed by atoms with Gasteiger partial charge in [-0.3, -0.25) is 10.1 Å². The van der Waals surface area contributed by atoms with Crippen molar-refractivity contribution in [3.05, 3.63) is 42.2 Å². The average Bonchev–Trinajstić information content (AvgIpc) is 2.97. The largest absolute Gasteiger partial charge is 0.491 e. The number of sulfone groups is 1. The third-order valence-corrected chi connectivity index (χ3v) is 6.06. The van der Waals surface area contributed by atoms with Crippen LogP contribution >= 0.6 is 0 Å². The normalized spacial score (nSPS) is 12.0. The van der Waals surface area contributed by atoms with Gasteiger partial charge in [-0.2, -0.15) is 5.10 Å². The molecule has 3 aromatic rings. The second kappa shape index (κ2) is 6.72. The van der Waals surface area contributed by atoms with E-state index in [0.29, 0.717) is 29.7 Å². The molecule has 0 atom stereocenters. The summed E-state index contributed by atoms with van der Waals surface area (Å²) in [6.07, 6.45) is 2.33. The first kappa shape index (κ1) is 17.2. The lowest BCUT2D eigenvalue weighted by molar-refractivity contribution is 0.323. The van der Waals surface area contributed by atoms with E-state index in [-0.39, 0.29) is 10.7 Å². The van der Waals surface area contributed by atoms with Crippen molar-refractivity contribution in [3.63, 3.8) is 0 Å². The third-order valence-electron chi connectivity index (χ3n) is 3.93. The van der Waals surface area contributed by atoms with Gasteiger partial charge in [-0.15, -0.1) is 0 Å². The van der Waals surface area contributed by atoms with Crippen molar-refractivity contribution < 1.29 is 13.2 Å². The molecule has 0 saturated carbocycles. The van der Waals surface area contributed by atoms with Crippen LogP contribution in [0.5, 0.6) is 5.75 Å². The lowest BCUT2D eigenvalue weighted by Gasteiger charge is -2.12. The van der Waals surface area contributed by atoms with Crippen molar-refractivity contribution in [1.82, 2.24) is 15.2 Å². The highest BCUT2D eigenvalue weighted by molar-refractivity contribution is 7.92. The van der Waals surface area contributed by atoms with Gasteiger partial charge in [0.2, 0.25) is 0 Å². The molecule has 0 spiro atoms. The molecule has 0 saturated heterocycles. The number of hydrogen-bond donors (Lipinski definition) is 2. The number of ether oxygens (including phenoxy) is 1. The van der Waals surface area contributed by atoms with Crippen LogP contribution in [0.25, 0.3) is 10.9 Å². The minimum absolute atomic E-state index is 0.177. The number of hydrogen-bond acceptors (Lipinski definition) is 6. The Balaban J connectivity index is 1.93. The van der Waals surface area contributed by atoms with E-state index in [1.165, 1.54) is 12.1 Å². The molecule has 8 heteroatoms. The number of rotatable bonds is 6. The molecule has 0 bridgehead atoms. The van der Waals surface area contributed by atoms with Gasteiger partial charge in [0.15, 0.2) is 15.7 Å². The van der Waals surface area contributed by atoms with Gasteiger partial charge in [-0.1, -0.05) is 6.07 Å². The molecule has 0 unspecified atom stereocenters. The molecule has 2 aromatic heterocycles. The fourth-order valence-electron chi connectivity index (χ4n) is 2.45. The number of anilines is 1. The Kier molecular flexibility index (Phi) is 4.63. The van der Waals surface area contributed by atoms with E-state index in [2.05, 4.69) is 15.2 Å². The highest BCUT2D eigenvalue weighted by Gasteiger charge is 2.22. The summed E-state index contributed by atoms with van der Waals surface area (Å²) in [4.78, 5) is 4.42. The number of nitrogens with one attached hydrogen (secondary N) is 1. The van der Waals surface area contributed by atoms with E-state index in [9.17, 15) is 8.42 Å². The Bertz CT molecular complexity index is 982. The number of nitrogens with two attached hydrogens (primary N) is 1. The van der Waals surface area contributed by atoms with Crippen molar-refractivity contribution >= 4 is 26.6 Å². The number of pyridine rings is 1. The Morgan fingerprint density at radius 3 is 2.76 bits per heavy atom. The summed E-state index contributed by atoms with van der Waals surface area (Å²) in [7, 11) is -3.45. The second-order valence-corrected chi connectivity index (χ2v) is 8.47. The van der Waals surface area contributed by atoms with Crippen LogP contribution in [0.3, 0.4) is 0 Å². The first-order chi connectivity index (χ1) is 11.9. The summed E-state index contributed by atoms with van der Waals surface area (Å²) in [6.45, 7) is 3.63. The van der Waals surface area contributed by atoms with Gasteiger partial charge in [0.1, 0.15) is 11.3 Å². The Hall–Kier alpha value is -2.61. The van der Waals surface area contributed by atoms with E-state index in [1.807, 2.05) is 18.2 Å². The molecule has 25 heavy (non-hydrogen) atoms. The SMILES string of the molecule is CC(C)S(=O)(=O)c1cc(OCCc2ccccn2)c2[nH]nc(N)c2c1. The summed E-state index contributed by atoms with van der Waals surface area (Å²) < 4.78 is 30.9. The van der Waals surface area contributed by atoms with Crippen molar-refractivity contribution in [2.45, 2.75) is 30.4 Å². The van der Waals surface area contributed by atoms with Gasteiger partial charge in [0.05, 0.1) is 16.8 Å². The van der Waals surface area contributed by atoms with Crippen LogP contribution in [0.2, 0.25) is 0 Å². The van der Waals surface area contributed by atoms with Gasteiger partial charge in [0, 0.05) is 29.8 Å². The molecule has 0 radical (unpaired) electrons. The van der Waals surface area contributed by atoms with Crippen LogP contribution in [-0.4, -0.2) is 35.5 Å². The molecule has 0 aliphatic rings. The molecule has 0 amide bonds. The van der Waals surface area contributed by atoms with Crippen LogP contribution in [0.15, 0.2) is 41.4 Å². The highest BCUT2D eigenvalue weighted by atomic mass is 32.2.